The van der Waals surface area contributed by atoms with Crippen molar-refractivity contribution in [1.82, 2.24) is 10.2 Å². The van der Waals surface area contributed by atoms with Gasteiger partial charge >= 0.3 is 0 Å². The predicted octanol–water partition coefficient (Wildman–Crippen LogP) is -1.67. The van der Waals surface area contributed by atoms with Gasteiger partial charge in [-0.15, -0.1) is 0 Å². The molecule has 0 unspecified atom stereocenters. The Balaban J connectivity index is 0.00000200. The number of ether oxygens (including phenoxy) is 1. The van der Waals surface area contributed by atoms with Crippen LogP contribution >= 0.6 is 11.6 Å². The van der Waals surface area contributed by atoms with Crippen molar-refractivity contribution in [2.45, 2.75) is 6.42 Å². The average Bonchev–Trinajstić information content (AvgIpc) is 2.43. The molecule has 1 heterocycles. The van der Waals surface area contributed by atoms with Crippen LogP contribution < -0.4 is 17.7 Å². The first-order valence-corrected chi connectivity index (χ1v) is 6.93. The maximum atomic E-state index is 11.8. The highest BCUT2D eigenvalue weighted by atomic mass is 35.5. The minimum Gasteiger partial charge on any atom is -1.00 e. The number of carbonyl (C=O) groups is 1. The molecule has 4 nitrogen and oxygen atoms in total. The van der Waals surface area contributed by atoms with Crippen molar-refractivity contribution in [1.29, 1.82) is 0 Å². The number of hydrogen-bond acceptors (Lipinski definition) is 3. The van der Waals surface area contributed by atoms with Crippen molar-refractivity contribution < 1.29 is 21.9 Å². The molecule has 0 atom stereocenters. The minimum atomic E-state index is 0. The van der Waals surface area contributed by atoms with Gasteiger partial charge in [0.25, 0.3) is 0 Å². The highest BCUT2D eigenvalue weighted by Crippen LogP contribution is 2.09. The van der Waals surface area contributed by atoms with E-state index in [1.165, 1.54) is 0 Å². The minimum absolute atomic E-state index is 0. The van der Waals surface area contributed by atoms with Crippen LogP contribution in [0.3, 0.4) is 0 Å². The van der Waals surface area contributed by atoms with Crippen molar-refractivity contribution >= 4 is 17.5 Å². The zero-order chi connectivity index (χ0) is 13.5. The summed E-state index contributed by atoms with van der Waals surface area (Å²) in [6, 6.07) is 7.36. The first-order valence-electron chi connectivity index (χ1n) is 6.55. The summed E-state index contributed by atoms with van der Waals surface area (Å²) in [6.45, 7) is 5.06. The van der Waals surface area contributed by atoms with Gasteiger partial charge in [0, 0.05) is 31.2 Å². The van der Waals surface area contributed by atoms with Gasteiger partial charge in [0.2, 0.25) is 5.91 Å². The fourth-order valence-electron chi connectivity index (χ4n) is 2.03. The Bertz CT molecular complexity index is 406. The Labute approximate surface area is 130 Å². The number of benzene rings is 1. The molecule has 0 radical (unpaired) electrons. The highest BCUT2D eigenvalue weighted by molar-refractivity contribution is 6.30. The molecule has 0 spiro atoms. The van der Waals surface area contributed by atoms with Gasteiger partial charge in [-0.05, 0) is 17.7 Å². The third kappa shape index (κ3) is 6.09. The lowest BCUT2D eigenvalue weighted by Crippen LogP contribution is -3.00. The van der Waals surface area contributed by atoms with Crippen LogP contribution in [0.5, 0.6) is 0 Å². The number of morpholine rings is 1. The Morgan fingerprint density at radius 2 is 1.90 bits per heavy atom. The SMILES string of the molecule is O=C(Cc1ccc(Cl)cc1)NCCN1CCOCC1.[Cl-]. The number of amides is 1. The van der Waals surface area contributed by atoms with Crippen LogP contribution in [0.15, 0.2) is 24.3 Å². The Hall–Kier alpha value is -0.810. The summed E-state index contributed by atoms with van der Waals surface area (Å²) in [5.74, 6) is 0.0515. The molecule has 2 rings (SSSR count). The molecule has 0 bridgehead atoms. The first kappa shape index (κ1) is 17.2. The standard InChI is InChI=1S/C14H19ClN2O2.ClH/c15-13-3-1-12(2-4-13)11-14(18)16-5-6-17-7-9-19-10-8-17;/h1-4H,5-11H2,(H,16,18);1H/p-1. The number of hydrogen-bond donors (Lipinski definition) is 1. The van der Waals surface area contributed by atoms with Crippen LogP contribution in [0.2, 0.25) is 5.02 Å². The van der Waals surface area contributed by atoms with E-state index in [1.54, 1.807) is 12.1 Å². The maximum Gasteiger partial charge on any atom is 0.224 e. The summed E-state index contributed by atoms with van der Waals surface area (Å²) in [6.07, 6.45) is 0.403. The summed E-state index contributed by atoms with van der Waals surface area (Å²) in [7, 11) is 0. The van der Waals surface area contributed by atoms with Gasteiger partial charge in [-0.2, -0.15) is 0 Å². The van der Waals surface area contributed by atoms with E-state index >= 15 is 0 Å². The maximum absolute atomic E-state index is 11.8. The molecule has 0 aromatic heterocycles. The lowest BCUT2D eigenvalue weighted by atomic mass is 10.1. The van der Waals surface area contributed by atoms with Crippen LogP contribution in [0.4, 0.5) is 0 Å². The summed E-state index contributed by atoms with van der Waals surface area (Å²) < 4.78 is 5.28. The van der Waals surface area contributed by atoms with Crippen molar-refractivity contribution in [3.8, 4) is 0 Å². The molecule has 0 aliphatic carbocycles. The molecule has 6 heteroatoms. The fraction of sp³-hybridized carbons (Fsp3) is 0.500. The largest absolute Gasteiger partial charge is 1.00 e. The van der Waals surface area contributed by atoms with Crippen molar-refractivity contribution in [3.63, 3.8) is 0 Å². The molecule has 1 N–H and O–H groups in total. The highest BCUT2D eigenvalue weighted by Gasteiger charge is 2.10. The number of halogens is 2. The molecule has 20 heavy (non-hydrogen) atoms. The molecule has 1 aliphatic heterocycles. The predicted molar refractivity (Wildman–Crippen MR) is 75.4 cm³/mol. The second-order valence-corrected chi connectivity index (χ2v) is 5.04. The molecule has 1 fully saturated rings. The van der Waals surface area contributed by atoms with Crippen LogP contribution in [-0.2, 0) is 16.0 Å². The van der Waals surface area contributed by atoms with Gasteiger partial charge in [0.15, 0.2) is 0 Å². The van der Waals surface area contributed by atoms with Crippen molar-refractivity contribution in [2.75, 3.05) is 39.4 Å². The Kier molecular flexibility index (Phi) is 7.92. The van der Waals surface area contributed by atoms with Crippen molar-refractivity contribution in [3.05, 3.63) is 34.9 Å². The second-order valence-electron chi connectivity index (χ2n) is 4.61. The number of rotatable bonds is 5. The fourth-order valence-corrected chi connectivity index (χ4v) is 2.15. The summed E-state index contributed by atoms with van der Waals surface area (Å²) in [4.78, 5) is 14.0. The van der Waals surface area contributed by atoms with Crippen LogP contribution in [0, 0.1) is 0 Å². The van der Waals surface area contributed by atoms with E-state index in [0.29, 0.717) is 18.0 Å². The monoisotopic (exact) mass is 317 g/mol. The van der Waals surface area contributed by atoms with E-state index in [4.69, 9.17) is 16.3 Å². The van der Waals surface area contributed by atoms with E-state index in [-0.39, 0.29) is 18.3 Å². The molecule has 112 valence electrons. The topological polar surface area (TPSA) is 41.6 Å². The third-order valence-corrected chi connectivity index (χ3v) is 3.38. The van der Waals surface area contributed by atoms with Gasteiger partial charge in [-0.3, -0.25) is 9.69 Å². The van der Waals surface area contributed by atoms with E-state index in [1.807, 2.05) is 12.1 Å². The summed E-state index contributed by atoms with van der Waals surface area (Å²) in [5.41, 5.74) is 0.980. The third-order valence-electron chi connectivity index (χ3n) is 3.13. The summed E-state index contributed by atoms with van der Waals surface area (Å²) in [5, 5.41) is 3.63. The molecular weight excluding hydrogens is 299 g/mol. The van der Waals surface area contributed by atoms with Crippen molar-refractivity contribution in [2.24, 2.45) is 0 Å². The zero-order valence-electron chi connectivity index (χ0n) is 11.3. The number of nitrogens with zero attached hydrogens (tertiary/aromatic N) is 1. The molecule has 1 aromatic rings. The van der Waals surface area contributed by atoms with Gasteiger partial charge in [0.05, 0.1) is 19.6 Å². The normalized spacial score (nSPS) is 15.4. The summed E-state index contributed by atoms with van der Waals surface area (Å²) >= 11 is 5.80. The quantitative estimate of drug-likeness (QED) is 0.706. The molecule has 1 saturated heterocycles. The zero-order valence-corrected chi connectivity index (χ0v) is 12.8. The molecule has 0 saturated carbocycles. The van der Waals surface area contributed by atoms with Crippen LogP contribution in [0.1, 0.15) is 5.56 Å². The lowest BCUT2D eigenvalue weighted by molar-refractivity contribution is -0.120. The average molecular weight is 318 g/mol. The van der Waals surface area contributed by atoms with E-state index < -0.39 is 0 Å². The first-order chi connectivity index (χ1) is 9.24. The lowest BCUT2D eigenvalue weighted by Gasteiger charge is -2.26. The second kappa shape index (κ2) is 9.19. The molecule has 1 aliphatic rings. The molecule has 1 aromatic carbocycles. The van der Waals surface area contributed by atoms with Gasteiger partial charge in [-0.25, -0.2) is 0 Å². The Morgan fingerprint density at radius 3 is 2.55 bits per heavy atom. The number of carbonyl (C=O) groups excluding carboxylic acids is 1. The molecule has 1 amide bonds. The van der Waals surface area contributed by atoms with Gasteiger partial charge in [-0.1, -0.05) is 23.7 Å². The Morgan fingerprint density at radius 1 is 1.25 bits per heavy atom. The van der Waals surface area contributed by atoms with E-state index in [2.05, 4.69) is 10.2 Å². The number of nitrogens with one attached hydrogen (secondary N) is 1. The smallest absolute Gasteiger partial charge is 0.224 e. The van der Waals surface area contributed by atoms with Crippen LogP contribution in [0.25, 0.3) is 0 Å². The van der Waals surface area contributed by atoms with Gasteiger partial charge < -0.3 is 22.5 Å². The van der Waals surface area contributed by atoms with E-state index in [9.17, 15) is 4.79 Å². The van der Waals surface area contributed by atoms with E-state index in [0.717, 1.165) is 38.4 Å². The molecular formula is C14H19Cl2N2O2-. The van der Waals surface area contributed by atoms with Crippen LogP contribution in [-0.4, -0.2) is 50.2 Å². The van der Waals surface area contributed by atoms with Gasteiger partial charge in [0.1, 0.15) is 0 Å².